The molecule has 0 saturated carbocycles. The molecule has 3 aromatic heterocycles. The number of hydrogen-bond donors (Lipinski definition) is 3. The van der Waals surface area contributed by atoms with E-state index < -0.39 is 0 Å². The number of anilines is 4. The molecule has 0 aliphatic rings. The normalized spacial score (nSPS) is 10.3. The maximum absolute atomic E-state index is 6.14. The average Bonchev–Trinajstić information content (AvgIpc) is 2.57. The summed E-state index contributed by atoms with van der Waals surface area (Å²) < 4.78 is 0. The Morgan fingerprint density at radius 1 is 1.09 bits per heavy atom. The molecule has 3 rings (SSSR count). The molecule has 0 radical (unpaired) electrons. The van der Waals surface area contributed by atoms with Gasteiger partial charge < -0.3 is 16.4 Å². The number of aromatic nitrogens is 4. The molecule has 4 N–H and O–H groups in total. The quantitative estimate of drug-likeness (QED) is 0.665. The van der Waals surface area contributed by atoms with Crippen molar-refractivity contribution >= 4 is 23.1 Å². The number of nitrogens with zero attached hydrogens (tertiary/aromatic N) is 4. The van der Waals surface area contributed by atoms with Crippen molar-refractivity contribution in [2.24, 2.45) is 0 Å². The highest BCUT2D eigenvalue weighted by molar-refractivity contribution is 5.76. The van der Waals surface area contributed by atoms with Crippen LogP contribution in [0.5, 0.6) is 0 Å². The van der Waals surface area contributed by atoms with E-state index in [0.29, 0.717) is 29.7 Å². The molecule has 0 fully saturated rings. The largest absolute Gasteiger partial charge is 0.393 e. The van der Waals surface area contributed by atoms with Gasteiger partial charge in [0.2, 0.25) is 0 Å². The summed E-state index contributed by atoms with van der Waals surface area (Å²) in [5.41, 5.74) is 8.73. The fourth-order valence-electron chi connectivity index (χ4n) is 2.05. The summed E-state index contributed by atoms with van der Waals surface area (Å²) in [7, 11) is 0. The van der Waals surface area contributed by atoms with E-state index in [0.717, 1.165) is 11.1 Å². The predicted octanol–water partition coefficient (Wildman–Crippen LogP) is 2.51. The summed E-state index contributed by atoms with van der Waals surface area (Å²) in [4.78, 5) is 16.7. The lowest BCUT2D eigenvalue weighted by Crippen LogP contribution is -2.08. The zero-order valence-electron chi connectivity index (χ0n) is 12.7. The second kappa shape index (κ2) is 6.69. The molecule has 116 valence electrons. The second-order valence-corrected chi connectivity index (χ2v) is 5.04. The molecule has 7 nitrogen and oxygen atoms in total. The van der Waals surface area contributed by atoms with E-state index in [9.17, 15) is 0 Å². The van der Waals surface area contributed by atoms with Crippen LogP contribution in [0.25, 0.3) is 0 Å². The Balaban J connectivity index is 1.75. The number of hydrogen-bond acceptors (Lipinski definition) is 7. The van der Waals surface area contributed by atoms with Crippen LogP contribution in [0, 0.1) is 6.92 Å². The van der Waals surface area contributed by atoms with Crippen LogP contribution < -0.4 is 16.4 Å². The molecule has 0 bridgehead atoms. The van der Waals surface area contributed by atoms with Gasteiger partial charge in [-0.25, -0.2) is 15.0 Å². The smallest absolute Gasteiger partial charge is 0.160 e. The first-order chi connectivity index (χ1) is 11.2. The van der Waals surface area contributed by atoms with E-state index >= 15 is 0 Å². The number of nitrogen functional groups attached to an aromatic ring is 1. The van der Waals surface area contributed by atoms with Gasteiger partial charge in [0.15, 0.2) is 11.6 Å². The minimum atomic E-state index is 0.444. The minimum Gasteiger partial charge on any atom is -0.393 e. The number of pyridine rings is 2. The van der Waals surface area contributed by atoms with Crippen molar-refractivity contribution in [2.75, 3.05) is 16.4 Å². The van der Waals surface area contributed by atoms with Crippen molar-refractivity contribution in [3.63, 3.8) is 0 Å². The molecule has 0 atom stereocenters. The monoisotopic (exact) mass is 307 g/mol. The van der Waals surface area contributed by atoms with Gasteiger partial charge in [-0.2, -0.15) is 0 Å². The van der Waals surface area contributed by atoms with Crippen LogP contribution in [0.3, 0.4) is 0 Å². The van der Waals surface area contributed by atoms with E-state index in [1.807, 2.05) is 31.2 Å². The zero-order chi connectivity index (χ0) is 16.1. The number of nitrogens with one attached hydrogen (secondary N) is 2. The van der Waals surface area contributed by atoms with Crippen molar-refractivity contribution in [1.82, 2.24) is 19.9 Å². The molecule has 7 heteroatoms. The maximum Gasteiger partial charge on any atom is 0.160 e. The molecule has 0 saturated heterocycles. The molecule has 0 amide bonds. The third-order valence-electron chi connectivity index (χ3n) is 3.23. The first-order valence-electron chi connectivity index (χ1n) is 7.15. The standard InChI is InChI=1S/C16H17N7/c1-11-4-6-19-13(7-11)23-16-14(17)15(21-10-22-16)20-9-12-3-2-5-18-8-12/h2-8,10H,9,17H2,1H3,(H2,19,20,21,22,23). The molecule has 3 heterocycles. The summed E-state index contributed by atoms with van der Waals surface area (Å²) in [6.07, 6.45) is 6.72. The molecule has 0 unspecified atom stereocenters. The third kappa shape index (κ3) is 3.70. The topological polar surface area (TPSA) is 102 Å². The summed E-state index contributed by atoms with van der Waals surface area (Å²) in [5, 5.41) is 6.30. The zero-order valence-corrected chi connectivity index (χ0v) is 12.7. The van der Waals surface area contributed by atoms with Crippen LogP contribution >= 0.6 is 0 Å². The molecular weight excluding hydrogens is 290 g/mol. The highest BCUT2D eigenvalue weighted by atomic mass is 15.1. The first kappa shape index (κ1) is 14.7. The Bertz CT molecular complexity index is 789. The van der Waals surface area contributed by atoms with E-state index in [2.05, 4.69) is 30.6 Å². The third-order valence-corrected chi connectivity index (χ3v) is 3.23. The Morgan fingerprint density at radius 3 is 2.74 bits per heavy atom. The maximum atomic E-state index is 6.14. The van der Waals surface area contributed by atoms with E-state index in [-0.39, 0.29) is 0 Å². The fourth-order valence-corrected chi connectivity index (χ4v) is 2.05. The van der Waals surface area contributed by atoms with Crippen LogP contribution in [0.2, 0.25) is 0 Å². The van der Waals surface area contributed by atoms with Crippen molar-refractivity contribution < 1.29 is 0 Å². The van der Waals surface area contributed by atoms with Crippen molar-refractivity contribution in [1.29, 1.82) is 0 Å². The highest BCUT2D eigenvalue weighted by Crippen LogP contribution is 2.25. The van der Waals surface area contributed by atoms with E-state index in [1.54, 1.807) is 18.6 Å². The van der Waals surface area contributed by atoms with Crippen LogP contribution in [0.4, 0.5) is 23.1 Å². The molecule has 0 aromatic carbocycles. The van der Waals surface area contributed by atoms with Crippen LogP contribution in [0.1, 0.15) is 11.1 Å². The minimum absolute atomic E-state index is 0.444. The van der Waals surface area contributed by atoms with Gasteiger partial charge >= 0.3 is 0 Å². The molecule has 0 aliphatic heterocycles. The van der Waals surface area contributed by atoms with Gasteiger partial charge in [0.25, 0.3) is 0 Å². The SMILES string of the molecule is Cc1ccnc(Nc2ncnc(NCc3cccnc3)c2N)c1. The number of rotatable bonds is 5. The van der Waals surface area contributed by atoms with Gasteiger partial charge in [-0.05, 0) is 36.2 Å². The van der Waals surface area contributed by atoms with Crippen LogP contribution in [0.15, 0.2) is 49.2 Å². The fraction of sp³-hybridized carbons (Fsp3) is 0.125. The molecular formula is C16H17N7. The lowest BCUT2D eigenvalue weighted by atomic mass is 10.3. The van der Waals surface area contributed by atoms with Gasteiger partial charge in [0, 0.05) is 25.1 Å². The van der Waals surface area contributed by atoms with E-state index in [1.165, 1.54) is 6.33 Å². The van der Waals surface area contributed by atoms with Crippen molar-refractivity contribution in [3.8, 4) is 0 Å². The predicted molar refractivity (Wildman–Crippen MR) is 90.3 cm³/mol. The Hall–Kier alpha value is -3.22. The molecule has 23 heavy (non-hydrogen) atoms. The molecule has 0 aliphatic carbocycles. The summed E-state index contributed by atoms with van der Waals surface area (Å²) >= 11 is 0. The van der Waals surface area contributed by atoms with Crippen LogP contribution in [-0.2, 0) is 6.54 Å². The number of aryl methyl sites for hydroxylation is 1. The Morgan fingerprint density at radius 2 is 1.96 bits per heavy atom. The Kier molecular flexibility index (Phi) is 4.28. The Labute approximate surface area is 134 Å². The van der Waals surface area contributed by atoms with Gasteiger partial charge in [-0.3, -0.25) is 4.98 Å². The summed E-state index contributed by atoms with van der Waals surface area (Å²) in [5.74, 6) is 1.78. The highest BCUT2D eigenvalue weighted by Gasteiger charge is 2.08. The van der Waals surface area contributed by atoms with E-state index in [4.69, 9.17) is 5.73 Å². The summed E-state index contributed by atoms with van der Waals surface area (Å²) in [6.45, 7) is 2.58. The van der Waals surface area contributed by atoms with Crippen molar-refractivity contribution in [2.45, 2.75) is 13.5 Å². The second-order valence-electron chi connectivity index (χ2n) is 5.04. The molecule has 0 spiro atoms. The molecule has 3 aromatic rings. The summed E-state index contributed by atoms with van der Waals surface area (Å²) in [6, 6.07) is 7.71. The van der Waals surface area contributed by atoms with Gasteiger partial charge in [-0.15, -0.1) is 0 Å². The van der Waals surface area contributed by atoms with Crippen LogP contribution in [-0.4, -0.2) is 19.9 Å². The van der Waals surface area contributed by atoms with Crippen molar-refractivity contribution in [3.05, 3.63) is 60.3 Å². The lowest BCUT2D eigenvalue weighted by Gasteiger charge is -2.12. The first-order valence-corrected chi connectivity index (χ1v) is 7.15. The average molecular weight is 307 g/mol. The number of nitrogens with two attached hydrogens (primary N) is 1. The lowest BCUT2D eigenvalue weighted by molar-refractivity contribution is 1.07. The van der Waals surface area contributed by atoms with Gasteiger partial charge in [-0.1, -0.05) is 6.07 Å². The van der Waals surface area contributed by atoms with Gasteiger partial charge in [0.05, 0.1) is 0 Å². The van der Waals surface area contributed by atoms with Gasteiger partial charge in [0.1, 0.15) is 17.8 Å².